The Morgan fingerprint density at radius 3 is 1.88 bits per heavy atom. The Morgan fingerprint density at radius 1 is 1.00 bits per heavy atom. The van der Waals surface area contributed by atoms with Crippen LogP contribution in [0.2, 0.25) is 0 Å². The summed E-state index contributed by atoms with van der Waals surface area (Å²) in [5, 5.41) is 29.9. The Bertz CT molecular complexity index is 788. The standard InChI is InChI=1S/C13H13N4O4.CF3O/c1-14(2)10-5-7-15(8-6-10)12-4-3-11(16(18)19)9-13(12)17(20)21;2-1(3,4)5/h3-9H,1-2H3;/q+1;-1. The lowest BCUT2D eigenvalue weighted by Gasteiger charge is -2.10. The molecule has 0 atom stereocenters. The maximum atomic E-state index is 11.1. The van der Waals surface area contributed by atoms with Gasteiger partial charge in [-0.2, -0.15) is 17.7 Å². The minimum atomic E-state index is -5.25. The molecule has 9 nitrogen and oxygen atoms in total. The van der Waals surface area contributed by atoms with Crippen molar-refractivity contribution < 1.29 is 32.7 Å². The number of benzene rings is 1. The topological polar surface area (TPSA) is 116 Å². The summed E-state index contributed by atoms with van der Waals surface area (Å²) in [4.78, 5) is 22.4. The van der Waals surface area contributed by atoms with Crippen molar-refractivity contribution in [3.63, 3.8) is 0 Å². The van der Waals surface area contributed by atoms with E-state index in [9.17, 15) is 33.4 Å². The van der Waals surface area contributed by atoms with Gasteiger partial charge in [-0.15, -0.1) is 0 Å². The summed E-state index contributed by atoms with van der Waals surface area (Å²) in [5.74, 6) is 0. The predicted molar refractivity (Wildman–Crippen MR) is 81.7 cm³/mol. The van der Waals surface area contributed by atoms with Crippen LogP contribution in [0.5, 0.6) is 0 Å². The predicted octanol–water partition coefficient (Wildman–Crippen LogP) is 1.71. The van der Waals surface area contributed by atoms with Crippen LogP contribution < -0.4 is 14.6 Å². The van der Waals surface area contributed by atoms with E-state index >= 15 is 0 Å². The van der Waals surface area contributed by atoms with E-state index in [2.05, 4.69) is 0 Å². The fourth-order valence-electron chi connectivity index (χ4n) is 1.87. The number of alkyl halides is 3. The van der Waals surface area contributed by atoms with Gasteiger partial charge in [0.15, 0.2) is 12.4 Å². The zero-order chi connectivity index (χ0) is 20.1. The third kappa shape index (κ3) is 6.32. The summed E-state index contributed by atoms with van der Waals surface area (Å²) < 4.78 is 30.9. The van der Waals surface area contributed by atoms with Crippen LogP contribution in [0.25, 0.3) is 5.69 Å². The Labute approximate surface area is 144 Å². The van der Waals surface area contributed by atoms with E-state index in [-0.39, 0.29) is 17.1 Å². The van der Waals surface area contributed by atoms with E-state index in [1.165, 1.54) is 12.1 Å². The molecule has 140 valence electrons. The Morgan fingerprint density at radius 2 is 1.50 bits per heavy atom. The van der Waals surface area contributed by atoms with E-state index in [1.54, 1.807) is 29.1 Å². The molecule has 0 unspecified atom stereocenters. The van der Waals surface area contributed by atoms with E-state index < -0.39 is 16.2 Å². The van der Waals surface area contributed by atoms with Gasteiger partial charge < -0.3 is 10.0 Å². The molecule has 1 aromatic heterocycles. The number of rotatable bonds is 4. The molecule has 0 fully saturated rings. The minimum Gasteiger partial charge on any atom is -0.771 e. The molecule has 0 N–H and O–H groups in total. The molecule has 2 rings (SSSR count). The van der Waals surface area contributed by atoms with Gasteiger partial charge in [0.25, 0.3) is 11.4 Å². The molecule has 0 bridgehead atoms. The van der Waals surface area contributed by atoms with Crippen molar-refractivity contribution in [1.82, 2.24) is 0 Å². The lowest BCUT2D eigenvalue weighted by Crippen LogP contribution is -2.30. The van der Waals surface area contributed by atoms with Gasteiger partial charge in [-0.3, -0.25) is 20.2 Å². The third-order valence-corrected chi connectivity index (χ3v) is 2.97. The summed E-state index contributed by atoms with van der Waals surface area (Å²) in [7, 11) is 3.77. The van der Waals surface area contributed by atoms with Crippen molar-refractivity contribution >= 4 is 17.1 Å². The van der Waals surface area contributed by atoms with Crippen molar-refractivity contribution in [3.05, 3.63) is 63.0 Å². The molecular weight excluding hydrogens is 361 g/mol. The molecule has 0 amide bonds. The van der Waals surface area contributed by atoms with Crippen LogP contribution in [0.3, 0.4) is 0 Å². The van der Waals surface area contributed by atoms with Crippen molar-refractivity contribution in [2.75, 3.05) is 19.0 Å². The number of anilines is 1. The molecule has 1 heterocycles. The maximum Gasteiger partial charge on any atom is 0.347 e. The number of aromatic nitrogens is 1. The smallest absolute Gasteiger partial charge is 0.347 e. The molecule has 0 aliphatic heterocycles. The van der Waals surface area contributed by atoms with Crippen LogP contribution in [0, 0.1) is 20.2 Å². The van der Waals surface area contributed by atoms with Crippen molar-refractivity contribution in [2.45, 2.75) is 6.36 Å². The molecule has 0 radical (unpaired) electrons. The molecule has 0 spiro atoms. The summed E-state index contributed by atoms with van der Waals surface area (Å²) >= 11 is 0. The molecule has 0 aliphatic rings. The average Bonchev–Trinajstić information content (AvgIpc) is 2.52. The van der Waals surface area contributed by atoms with Gasteiger partial charge in [0.05, 0.1) is 9.85 Å². The maximum absolute atomic E-state index is 11.1. The number of nitro benzene ring substituents is 2. The first-order chi connectivity index (χ1) is 11.9. The second-order valence-corrected chi connectivity index (χ2v) is 4.99. The number of pyridine rings is 1. The molecule has 26 heavy (non-hydrogen) atoms. The monoisotopic (exact) mass is 374 g/mol. The molecule has 0 saturated heterocycles. The fraction of sp³-hybridized carbons (Fsp3) is 0.214. The lowest BCUT2D eigenvalue weighted by molar-refractivity contribution is -0.618. The highest BCUT2D eigenvalue weighted by Gasteiger charge is 2.26. The quantitative estimate of drug-likeness (QED) is 0.457. The SMILES string of the molecule is CN(C)c1cc[n+](-c2ccc([N+](=O)[O-])cc2[N+](=O)[O-])cc1.[O-]C(F)(F)F. The lowest BCUT2D eigenvalue weighted by atomic mass is 10.2. The van der Waals surface area contributed by atoms with Gasteiger partial charge in [0.1, 0.15) is 6.07 Å². The summed E-state index contributed by atoms with van der Waals surface area (Å²) in [6, 6.07) is 7.17. The molecule has 12 heteroatoms. The van der Waals surface area contributed by atoms with Crippen molar-refractivity contribution in [2.24, 2.45) is 0 Å². The van der Waals surface area contributed by atoms with E-state index in [0.29, 0.717) is 0 Å². The Hall–Kier alpha value is -3.28. The van der Waals surface area contributed by atoms with Crippen molar-refractivity contribution in [1.29, 1.82) is 0 Å². The van der Waals surface area contributed by atoms with E-state index in [4.69, 9.17) is 5.11 Å². The van der Waals surface area contributed by atoms with Crippen LogP contribution in [-0.4, -0.2) is 30.3 Å². The number of nitro groups is 2. The highest BCUT2D eigenvalue weighted by molar-refractivity contribution is 5.54. The highest BCUT2D eigenvalue weighted by Crippen LogP contribution is 2.24. The summed E-state index contributed by atoms with van der Waals surface area (Å²) in [5.41, 5.74) is 0.592. The highest BCUT2D eigenvalue weighted by atomic mass is 19.4. The number of non-ortho nitro benzene ring substituents is 1. The van der Waals surface area contributed by atoms with Gasteiger partial charge >= 0.3 is 12.0 Å². The Kier molecular flexibility index (Phi) is 6.55. The number of nitrogens with zero attached hydrogens (tertiary/aromatic N) is 4. The van der Waals surface area contributed by atoms with Gasteiger partial charge in [0.2, 0.25) is 0 Å². The zero-order valence-corrected chi connectivity index (χ0v) is 13.5. The molecule has 0 aliphatic carbocycles. The van der Waals surface area contributed by atoms with Crippen LogP contribution in [-0.2, 0) is 0 Å². The normalized spacial score (nSPS) is 10.5. The molecular formula is C14H13F3N4O5. The number of hydrogen-bond donors (Lipinski definition) is 0. The van der Waals surface area contributed by atoms with Gasteiger partial charge in [0, 0.05) is 44.0 Å². The Balaban J connectivity index is 0.000000597. The zero-order valence-electron chi connectivity index (χ0n) is 13.5. The fourth-order valence-corrected chi connectivity index (χ4v) is 1.87. The van der Waals surface area contributed by atoms with E-state index in [1.807, 2.05) is 19.0 Å². The van der Waals surface area contributed by atoms with Crippen LogP contribution >= 0.6 is 0 Å². The van der Waals surface area contributed by atoms with Crippen LogP contribution in [0.15, 0.2) is 42.7 Å². The van der Waals surface area contributed by atoms with Gasteiger partial charge in [-0.05, 0) is 0 Å². The first-order valence-corrected chi connectivity index (χ1v) is 6.79. The van der Waals surface area contributed by atoms with E-state index in [0.717, 1.165) is 11.8 Å². The average molecular weight is 374 g/mol. The molecule has 2 aromatic rings. The van der Waals surface area contributed by atoms with Crippen LogP contribution in [0.4, 0.5) is 30.2 Å². The largest absolute Gasteiger partial charge is 0.771 e. The minimum absolute atomic E-state index is 0.274. The summed E-state index contributed by atoms with van der Waals surface area (Å²) in [6.45, 7) is 0. The number of hydrogen-bond acceptors (Lipinski definition) is 6. The molecule has 0 saturated carbocycles. The third-order valence-electron chi connectivity index (χ3n) is 2.97. The number of halogens is 3. The van der Waals surface area contributed by atoms with Gasteiger partial charge in [-0.1, -0.05) is 0 Å². The second kappa shape index (κ2) is 8.20. The first-order valence-electron chi connectivity index (χ1n) is 6.79. The second-order valence-electron chi connectivity index (χ2n) is 4.99. The molecule has 1 aromatic carbocycles. The van der Waals surface area contributed by atoms with Crippen LogP contribution in [0.1, 0.15) is 0 Å². The first kappa shape index (κ1) is 20.8. The van der Waals surface area contributed by atoms with Gasteiger partial charge in [-0.25, -0.2) is 0 Å². The summed E-state index contributed by atoms with van der Waals surface area (Å²) in [6.07, 6.45) is -1.91. The van der Waals surface area contributed by atoms with Crippen molar-refractivity contribution in [3.8, 4) is 5.69 Å².